The second-order valence-corrected chi connectivity index (χ2v) is 7.35. The Morgan fingerprint density at radius 1 is 1.11 bits per heavy atom. The van der Waals surface area contributed by atoms with Crippen LogP contribution >= 0.6 is 0 Å². The zero-order chi connectivity index (χ0) is 20.0. The molecule has 0 aromatic rings. The van der Waals surface area contributed by atoms with Gasteiger partial charge in [-0.25, -0.2) is 9.59 Å². The van der Waals surface area contributed by atoms with Gasteiger partial charge in [-0.1, -0.05) is 70.8 Å². The quantitative estimate of drug-likeness (QED) is 0.270. The van der Waals surface area contributed by atoms with Crippen LogP contribution in [0.25, 0.3) is 0 Å². The highest BCUT2D eigenvalue weighted by Gasteiger charge is 2.41. The molecule has 0 saturated carbocycles. The summed E-state index contributed by atoms with van der Waals surface area (Å²) >= 11 is 0. The molecule has 154 valence electrons. The van der Waals surface area contributed by atoms with Gasteiger partial charge >= 0.3 is 11.9 Å². The zero-order valence-corrected chi connectivity index (χ0v) is 17.0. The molecule has 1 heterocycles. The van der Waals surface area contributed by atoms with Crippen LogP contribution in [0.1, 0.15) is 84.0 Å². The van der Waals surface area contributed by atoms with Crippen LogP contribution in [-0.4, -0.2) is 36.4 Å². The van der Waals surface area contributed by atoms with Gasteiger partial charge < -0.3 is 14.6 Å². The molecular formula is C22H36O5. The first-order chi connectivity index (χ1) is 13.1. The lowest BCUT2D eigenvalue weighted by Gasteiger charge is -2.19. The summed E-state index contributed by atoms with van der Waals surface area (Å²) in [5.41, 5.74) is -0.566. The van der Waals surface area contributed by atoms with Gasteiger partial charge in [-0.2, -0.15) is 0 Å². The van der Waals surface area contributed by atoms with E-state index in [2.05, 4.69) is 11.7 Å². The van der Waals surface area contributed by atoms with Crippen molar-refractivity contribution in [3.05, 3.63) is 23.8 Å². The molecule has 0 aliphatic carbocycles. The van der Waals surface area contributed by atoms with Crippen molar-refractivity contribution >= 4 is 11.9 Å². The van der Waals surface area contributed by atoms with E-state index in [0.29, 0.717) is 5.57 Å². The molecule has 27 heavy (non-hydrogen) atoms. The average Bonchev–Trinajstić information content (AvgIpc) is 3.00. The van der Waals surface area contributed by atoms with Gasteiger partial charge in [-0.05, 0) is 18.9 Å². The first-order valence-corrected chi connectivity index (χ1v) is 10.4. The average molecular weight is 381 g/mol. The third-order valence-electron chi connectivity index (χ3n) is 4.99. The van der Waals surface area contributed by atoms with E-state index in [-0.39, 0.29) is 13.0 Å². The first-order valence-electron chi connectivity index (χ1n) is 10.4. The Balaban J connectivity index is 2.25. The lowest BCUT2D eigenvalue weighted by molar-refractivity contribution is -0.146. The van der Waals surface area contributed by atoms with Crippen LogP contribution in [0.15, 0.2) is 23.8 Å². The highest BCUT2D eigenvalue weighted by Crippen LogP contribution is 2.32. The summed E-state index contributed by atoms with van der Waals surface area (Å²) < 4.78 is 9.84. The van der Waals surface area contributed by atoms with E-state index >= 15 is 0 Å². The Bertz CT molecular complexity index is 509. The maximum absolute atomic E-state index is 12.0. The molecule has 0 spiro atoms. The summed E-state index contributed by atoms with van der Waals surface area (Å²) in [6, 6.07) is 0. The summed E-state index contributed by atoms with van der Waals surface area (Å²) in [5.74, 6) is -0.952. The molecule has 1 atom stereocenters. The van der Waals surface area contributed by atoms with Crippen molar-refractivity contribution in [2.45, 2.75) is 89.6 Å². The molecule has 1 rings (SSSR count). The molecule has 0 aromatic heterocycles. The van der Waals surface area contributed by atoms with E-state index in [9.17, 15) is 14.7 Å². The molecule has 1 fully saturated rings. The molecule has 5 heteroatoms. The van der Waals surface area contributed by atoms with Crippen LogP contribution in [0, 0.1) is 0 Å². The third-order valence-corrected chi connectivity index (χ3v) is 4.99. The molecule has 0 amide bonds. The van der Waals surface area contributed by atoms with Gasteiger partial charge in [-0.3, -0.25) is 0 Å². The number of hydrogen-bond acceptors (Lipinski definition) is 5. The predicted molar refractivity (Wildman–Crippen MR) is 106 cm³/mol. The summed E-state index contributed by atoms with van der Waals surface area (Å²) in [6.45, 7) is 1.88. The molecule has 5 nitrogen and oxygen atoms in total. The standard InChI is InChI=1S/C22H36O5/c1-3-4-5-6-7-8-9-10-11-12-13-14-19-17-22(18-23,27-21(19)25)16-15-20(24)26-2/h14-16,23H,3-13,17-18H2,1-2H3/b16-15+,19-14-/t22-/m1/s1. The van der Waals surface area contributed by atoms with E-state index in [1.165, 1.54) is 77.0 Å². The van der Waals surface area contributed by atoms with E-state index in [1.54, 1.807) is 0 Å². The second-order valence-electron chi connectivity index (χ2n) is 7.35. The number of unbranched alkanes of at least 4 members (excludes halogenated alkanes) is 10. The number of esters is 2. The normalized spacial score (nSPS) is 21.1. The lowest BCUT2D eigenvalue weighted by Crippen LogP contribution is -2.30. The highest BCUT2D eigenvalue weighted by atomic mass is 16.6. The largest absolute Gasteiger partial charge is 0.466 e. The molecule has 1 aliphatic heterocycles. The number of allylic oxidation sites excluding steroid dienone is 1. The minimum Gasteiger partial charge on any atom is -0.466 e. The number of methoxy groups -OCH3 is 1. The number of hydrogen-bond donors (Lipinski definition) is 1. The topological polar surface area (TPSA) is 72.8 Å². The smallest absolute Gasteiger partial charge is 0.334 e. The fraction of sp³-hybridized carbons (Fsp3) is 0.727. The molecule has 0 unspecified atom stereocenters. The lowest BCUT2D eigenvalue weighted by atomic mass is 9.97. The zero-order valence-electron chi connectivity index (χ0n) is 17.0. The van der Waals surface area contributed by atoms with Crippen molar-refractivity contribution in [2.24, 2.45) is 0 Å². The maximum Gasteiger partial charge on any atom is 0.334 e. The SMILES string of the molecule is CCCCCCCCCCCC/C=C1/C[C@](/C=C/C(=O)OC)(CO)OC1=O. The Hall–Kier alpha value is -1.62. The number of carbonyl (C=O) groups excluding carboxylic acids is 2. The summed E-state index contributed by atoms with van der Waals surface area (Å²) in [6.07, 6.45) is 18.4. The molecule has 1 N–H and O–H groups in total. The van der Waals surface area contributed by atoms with Crippen LogP contribution in [0.5, 0.6) is 0 Å². The summed E-state index contributed by atoms with van der Waals surface area (Å²) in [4.78, 5) is 23.3. The maximum atomic E-state index is 12.0. The first kappa shape index (κ1) is 23.4. The Labute approximate surface area is 163 Å². The van der Waals surface area contributed by atoms with E-state index in [4.69, 9.17) is 4.74 Å². The number of rotatable bonds is 14. The molecule has 0 bridgehead atoms. The van der Waals surface area contributed by atoms with Crippen molar-refractivity contribution in [3.63, 3.8) is 0 Å². The van der Waals surface area contributed by atoms with Gasteiger partial charge in [0.05, 0.1) is 13.7 Å². The molecule has 0 aromatic carbocycles. The number of aliphatic hydroxyl groups excluding tert-OH is 1. The summed E-state index contributed by atoms with van der Waals surface area (Å²) in [5, 5.41) is 9.59. The van der Waals surface area contributed by atoms with Crippen molar-refractivity contribution in [2.75, 3.05) is 13.7 Å². The number of cyclic esters (lactones) is 1. The Kier molecular flexibility index (Phi) is 11.7. The van der Waals surface area contributed by atoms with Gasteiger partial charge in [-0.15, -0.1) is 0 Å². The number of aliphatic hydroxyl groups is 1. The monoisotopic (exact) mass is 380 g/mol. The van der Waals surface area contributed by atoms with E-state index in [0.717, 1.165) is 12.8 Å². The van der Waals surface area contributed by atoms with Gasteiger partial charge in [0.15, 0.2) is 5.60 Å². The van der Waals surface area contributed by atoms with E-state index < -0.39 is 17.5 Å². The Morgan fingerprint density at radius 2 is 1.70 bits per heavy atom. The minimum atomic E-state index is -1.14. The predicted octanol–water partition coefficient (Wildman–Crippen LogP) is 4.63. The van der Waals surface area contributed by atoms with Crippen LogP contribution in [0.3, 0.4) is 0 Å². The summed E-state index contributed by atoms with van der Waals surface area (Å²) in [7, 11) is 1.27. The van der Waals surface area contributed by atoms with Crippen LogP contribution in [0.2, 0.25) is 0 Å². The fourth-order valence-corrected chi connectivity index (χ4v) is 3.27. The van der Waals surface area contributed by atoms with Crippen molar-refractivity contribution in [1.29, 1.82) is 0 Å². The van der Waals surface area contributed by atoms with Crippen LogP contribution in [0.4, 0.5) is 0 Å². The van der Waals surface area contributed by atoms with Crippen molar-refractivity contribution in [1.82, 2.24) is 0 Å². The molecule has 0 radical (unpaired) electrons. The molecule has 1 aliphatic rings. The van der Waals surface area contributed by atoms with E-state index in [1.807, 2.05) is 6.08 Å². The number of ether oxygens (including phenoxy) is 2. The molecule has 1 saturated heterocycles. The van der Waals surface area contributed by atoms with Gasteiger partial charge in [0.2, 0.25) is 0 Å². The fourth-order valence-electron chi connectivity index (χ4n) is 3.27. The minimum absolute atomic E-state index is 0.285. The third kappa shape index (κ3) is 9.23. The number of carbonyl (C=O) groups is 2. The van der Waals surface area contributed by atoms with Crippen molar-refractivity contribution < 1.29 is 24.2 Å². The Morgan fingerprint density at radius 3 is 2.26 bits per heavy atom. The second kappa shape index (κ2) is 13.5. The van der Waals surface area contributed by atoms with Gasteiger partial charge in [0.25, 0.3) is 0 Å². The van der Waals surface area contributed by atoms with Crippen LogP contribution < -0.4 is 0 Å². The van der Waals surface area contributed by atoms with Gasteiger partial charge in [0, 0.05) is 18.1 Å². The molecular weight excluding hydrogens is 344 g/mol. The van der Waals surface area contributed by atoms with Gasteiger partial charge in [0.1, 0.15) is 0 Å². The highest BCUT2D eigenvalue weighted by molar-refractivity contribution is 5.92. The van der Waals surface area contributed by atoms with Crippen LogP contribution in [-0.2, 0) is 19.1 Å². The van der Waals surface area contributed by atoms with Crippen molar-refractivity contribution in [3.8, 4) is 0 Å².